The van der Waals surface area contributed by atoms with Crippen LogP contribution in [0.2, 0.25) is 0 Å². The lowest BCUT2D eigenvalue weighted by molar-refractivity contribution is 0.181. The number of rotatable bonds is 6. The van der Waals surface area contributed by atoms with Gasteiger partial charge in [0.2, 0.25) is 0 Å². The van der Waals surface area contributed by atoms with Gasteiger partial charge in [0, 0.05) is 31.3 Å². The van der Waals surface area contributed by atoms with Crippen LogP contribution in [-0.2, 0) is 4.74 Å². The van der Waals surface area contributed by atoms with Gasteiger partial charge in [0.05, 0.1) is 21.6 Å². The Hall–Kier alpha value is -1.02. The van der Waals surface area contributed by atoms with Crippen LogP contribution in [0.3, 0.4) is 0 Å². The molecule has 0 aromatic carbocycles. The first-order chi connectivity index (χ1) is 11.2. The number of aromatic nitrogens is 1. The minimum absolute atomic E-state index is 0.0665. The molecule has 0 saturated carbocycles. The van der Waals surface area contributed by atoms with E-state index in [4.69, 9.17) is 17.0 Å². The molecule has 1 aliphatic heterocycles. The third-order valence-corrected chi connectivity index (χ3v) is 5.88. The van der Waals surface area contributed by atoms with Crippen molar-refractivity contribution >= 4 is 44.6 Å². The summed E-state index contributed by atoms with van der Waals surface area (Å²) < 4.78 is 6.31. The molecule has 0 aliphatic carbocycles. The molecule has 2 unspecified atom stereocenters. The van der Waals surface area contributed by atoms with E-state index in [-0.39, 0.29) is 12.1 Å². The van der Waals surface area contributed by atoms with Crippen LogP contribution in [0.1, 0.15) is 29.1 Å². The molecule has 2 aromatic heterocycles. The van der Waals surface area contributed by atoms with Gasteiger partial charge in [-0.25, -0.2) is 0 Å². The zero-order chi connectivity index (χ0) is 16.2. The third kappa shape index (κ3) is 3.74. The fourth-order valence-electron chi connectivity index (χ4n) is 2.82. The second-order valence-corrected chi connectivity index (χ2v) is 8.19. The van der Waals surface area contributed by atoms with Crippen molar-refractivity contribution in [3.05, 3.63) is 50.9 Å². The molecule has 7 heteroatoms. The van der Waals surface area contributed by atoms with Crippen molar-refractivity contribution < 1.29 is 4.74 Å². The van der Waals surface area contributed by atoms with E-state index in [9.17, 15) is 0 Å². The Bertz CT molecular complexity index is 664. The van der Waals surface area contributed by atoms with Gasteiger partial charge in [0.1, 0.15) is 0 Å². The molecule has 4 nitrogen and oxygen atoms in total. The van der Waals surface area contributed by atoms with E-state index >= 15 is 0 Å². The number of thiocarbonyl (C=S) groups is 1. The number of hydrogen-bond acceptors (Lipinski definition) is 4. The fourth-order valence-corrected chi connectivity index (χ4v) is 4.73. The smallest absolute Gasteiger partial charge is 0.170 e. The third-order valence-electron chi connectivity index (χ3n) is 3.83. The molecule has 3 heterocycles. The maximum Gasteiger partial charge on any atom is 0.170 e. The van der Waals surface area contributed by atoms with Crippen LogP contribution in [-0.4, -0.2) is 35.3 Å². The molecule has 122 valence electrons. The van der Waals surface area contributed by atoms with Crippen LogP contribution in [0, 0.1) is 0 Å². The molecular formula is C16H18BrN3OS2. The lowest BCUT2D eigenvalue weighted by atomic mass is 10.0. The fraction of sp³-hybridized carbons (Fsp3) is 0.375. The minimum atomic E-state index is 0.0665. The number of methoxy groups -OCH3 is 1. The standard InChI is InChI=1S/C16H18BrN3OS2/c1-21-10-4-9-20-15(12-6-7-13(17)23-12)14(19-16(20)22)11-5-2-3-8-18-11/h2-3,5-8,14-15H,4,9-10H2,1H3,(H,19,22). The Balaban J connectivity index is 1.91. The van der Waals surface area contributed by atoms with Gasteiger partial charge >= 0.3 is 0 Å². The van der Waals surface area contributed by atoms with E-state index in [0.717, 1.165) is 34.2 Å². The second kappa shape index (κ2) is 7.70. The van der Waals surface area contributed by atoms with Gasteiger partial charge in [-0.05, 0) is 58.8 Å². The second-order valence-electron chi connectivity index (χ2n) is 5.31. The van der Waals surface area contributed by atoms with Crippen molar-refractivity contribution in [3.63, 3.8) is 0 Å². The maximum atomic E-state index is 5.59. The average Bonchev–Trinajstić information content (AvgIpc) is 3.12. The Morgan fingerprint density at radius 2 is 2.26 bits per heavy atom. The molecule has 3 rings (SSSR count). The van der Waals surface area contributed by atoms with E-state index < -0.39 is 0 Å². The Labute approximate surface area is 154 Å². The van der Waals surface area contributed by atoms with Gasteiger partial charge in [-0.3, -0.25) is 4.98 Å². The normalized spacial score (nSPS) is 20.8. The highest BCUT2D eigenvalue weighted by molar-refractivity contribution is 9.11. The summed E-state index contributed by atoms with van der Waals surface area (Å²) in [7, 11) is 1.73. The highest BCUT2D eigenvalue weighted by Crippen LogP contribution is 2.42. The first-order valence-corrected chi connectivity index (χ1v) is 9.44. The molecule has 1 aliphatic rings. The van der Waals surface area contributed by atoms with Crippen LogP contribution in [0.5, 0.6) is 0 Å². The van der Waals surface area contributed by atoms with Crippen LogP contribution in [0.25, 0.3) is 0 Å². The van der Waals surface area contributed by atoms with Crippen molar-refractivity contribution in [1.82, 2.24) is 15.2 Å². The minimum Gasteiger partial charge on any atom is -0.385 e. The van der Waals surface area contributed by atoms with Gasteiger partial charge in [-0.15, -0.1) is 11.3 Å². The maximum absolute atomic E-state index is 5.59. The number of hydrogen-bond donors (Lipinski definition) is 1. The quantitative estimate of drug-likeness (QED) is 0.575. The van der Waals surface area contributed by atoms with Gasteiger partial charge in [0.15, 0.2) is 5.11 Å². The number of ether oxygens (including phenoxy) is 1. The summed E-state index contributed by atoms with van der Waals surface area (Å²) in [6, 6.07) is 10.5. The monoisotopic (exact) mass is 411 g/mol. The summed E-state index contributed by atoms with van der Waals surface area (Å²) in [5, 5.41) is 4.23. The zero-order valence-electron chi connectivity index (χ0n) is 12.7. The first kappa shape index (κ1) is 16.8. The molecular weight excluding hydrogens is 394 g/mol. The average molecular weight is 412 g/mol. The predicted octanol–water partition coefficient (Wildman–Crippen LogP) is 3.91. The van der Waals surface area contributed by atoms with Gasteiger partial charge < -0.3 is 15.0 Å². The van der Waals surface area contributed by atoms with Crippen molar-refractivity contribution in [3.8, 4) is 0 Å². The summed E-state index contributed by atoms with van der Waals surface area (Å²) in [6.07, 6.45) is 2.77. The van der Waals surface area contributed by atoms with E-state index in [1.807, 2.05) is 18.3 Å². The highest BCUT2D eigenvalue weighted by Gasteiger charge is 2.40. The molecule has 23 heavy (non-hydrogen) atoms. The molecule has 1 fully saturated rings. The first-order valence-electron chi connectivity index (χ1n) is 7.43. The van der Waals surface area contributed by atoms with Crippen molar-refractivity contribution in [2.45, 2.75) is 18.5 Å². The summed E-state index contributed by atoms with van der Waals surface area (Å²) in [4.78, 5) is 8.06. The summed E-state index contributed by atoms with van der Waals surface area (Å²) in [5.41, 5.74) is 1.01. The SMILES string of the molecule is COCCCN1C(=S)NC(c2ccccn2)C1c1ccc(Br)s1. The summed E-state index contributed by atoms with van der Waals surface area (Å²) >= 11 is 10.9. The Morgan fingerprint density at radius 3 is 2.91 bits per heavy atom. The molecule has 1 N–H and O–H groups in total. The molecule has 1 saturated heterocycles. The van der Waals surface area contributed by atoms with Gasteiger partial charge in [-0.2, -0.15) is 0 Å². The van der Waals surface area contributed by atoms with E-state index in [0.29, 0.717) is 0 Å². The summed E-state index contributed by atoms with van der Waals surface area (Å²) in [6.45, 7) is 1.59. The number of nitrogens with one attached hydrogen (secondary N) is 1. The van der Waals surface area contributed by atoms with Crippen LogP contribution >= 0.6 is 39.5 Å². The molecule has 2 atom stereocenters. The van der Waals surface area contributed by atoms with Crippen molar-refractivity contribution in [2.75, 3.05) is 20.3 Å². The Kier molecular flexibility index (Phi) is 5.63. The number of halogens is 1. The largest absolute Gasteiger partial charge is 0.385 e. The molecule has 0 spiro atoms. The zero-order valence-corrected chi connectivity index (χ0v) is 16.0. The number of nitrogens with zero attached hydrogens (tertiary/aromatic N) is 2. The van der Waals surface area contributed by atoms with E-state index in [1.165, 1.54) is 4.88 Å². The molecule has 2 aromatic rings. The highest BCUT2D eigenvalue weighted by atomic mass is 79.9. The van der Waals surface area contributed by atoms with Crippen LogP contribution < -0.4 is 5.32 Å². The van der Waals surface area contributed by atoms with Gasteiger partial charge in [0.25, 0.3) is 0 Å². The number of pyridine rings is 1. The van der Waals surface area contributed by atoms with Crippen molar-refractivity contribution in [2.24, 2.45) is 0 Å². The summed E-state index contributed by atoms with van der Waals surface area (Å²) in [5.74, 6) is 0. The molecule has 0 amide bonds. The van der Waals surface area contributed by atoms with Crippen LogP contribution in [0.15, 0.2) is 40.3 Å². The lowest BCUT2D eigenvalue weighted by Crippen LogP contribution is -2.30. The number of thiophene rings is 1. The lowest BCUT2D eigenvalue weighted by Gasteiger charge is -2.26. The molecule has 0 radical (unpaired) electrons. The predicted molar refractivity (Wildman–Crippen MR) is 101 cm³/mol. The Morgan fingerprint density at radius 1 is 1.39 bits per heavy atom. The molecule has 0 bridgehead atoms. The van der Waals surface area contributed by atoms with Gasteiger partial charge in [-0.1, -0.05) is 6.07 Å². The van der Waals surface area contributed by atoms with Crippen molar-refractivity contribution in [1.29, 1.82) is 0 Å². The van der Waals surface area contributed by atoms with E-state index in [2.05, 4.69) is 49.3 Å². The topological polar surface area (TPSA) is 37.4 Å². The van der Waals surface area contributed by atoms with E-state index in [1.54, 1.807) is 18.4 Å². The van der Waals surface area contributed by atoms with Crippen LogP contribution in [0.4, 0.5) is 0 Å².